The number of ether oxygens (including phenoxy) is 1. The molecule has 5 nitrogen and oxygen atoms in total. The van der Waals surface area contributed by atoms with Gasteiger partial charge in [0.2, 0.25) is 0 Å². The Morgan fingerprint density at radius 3 is 2.80 bits per heavy atom. The van der Waals surface area contributed by atoms with Gasteiger partial charge in [0.05, 0.1) is 12.3 Å². The Kier molecular flexibility index (Phi) is 5.31. The molecule has 2 rings (SSSR count). The first-order valence-corrected chi connectivity index (χ1v) is 7.42. The van der Waals surface area contributed by atoms with Gasteiger partial charge in [-0.3, -0.25) is 0 Å². The summed E-state index contributed by atoms with van der Waals surface area (Å²) in [6.07, 6.45) is 3.91. The maximum atomic E-state index is 9.38. The summed E-state index contributed by atoms with van der Waals surface area (Å²) in [6, 6.07) is 2.23. The van der Waals surface area contributed by atoms with Crippen LogP contribution in [-0.2, 0) is 12.8 Å². The first-order chi connectivity index (χ1) is 9.80. The molecule has 1 N–H and O–H groups in total. The summed E-state index contributed by atoms with van der Waals surface area (Å²) in [4.78, 5) is 0. The lowest BCUT2D eigenvalue weighted by atomic mass is 10.0. The predicted octanol–water partition coefficient (Wildman–Crippen LogP) is 1.85. The molecule has 5 heteroatoms. The van der Waals surface area contributed by atoms with Crippen molar-refractivity contribution in [2.45, 2.75) is 39.5 Å². The Bertz CT molecular complexity index is 489. The van der Waals surface area contributed by atoms with E-state index < -0.39 is 0 Å². The lowest BCUT2D eigenvalue weighted by Gasteiger charge is -2.22. The van der Waals surface area contributed by atoms with E-state index in [1.807, 2.05) is 13.8 Å². The largest absolute Gasteiger partial charge is 0.475 e. The monoisotopic (exact) mass is 274 g/mol. The number of nitrogens with zero attached hydrogens (tertiary/aromatic N) is 3. The molecule has 108 valence electrons. The van der Waals surface area contributed by atoms with E-state index in [-0.39, 0.29) is 0 Å². The summed E-state index contributed by atoms with van der Waals surface area (Å²) in [6.45, 7) is 6.73. The Morgan fingerprint density at radius 1 is 1.35 bits per heavy atom. The van der Waals surface area contributed by atoms with Crippen LogP contribution in [0.25, 0.3) is 0 Å². The molecule has 1 unspecified atom stereocenters. The van der Waals surface area contributed by atoms with Gasteiger partial charge in [-0.1, -0.05) is 13.8 Å². The standard InChI is InChI=1S/C15H22N4O/c1-3-12-13(8-16)15(19-18-14(12)4-2)20-10-11-6-5-7-17-9-11/h11,17H,3-7,9-10H2,1-2H3. The van der Waals surface area contributed by atoms with Crippen LogP contribution in [-0.4, -0.2) is 29.9 Å². The van der Waals surface area contributed by atoms with E-state index in [0.29, 0.717) is 24.0 Å². The average Bonchev–Trinajstić information content (AvgIpc) is 2.52. The fraction of sp³-hybridized carbons (Fsp3) is 0.667. The molecule has 1 fully saturated rings. The molecule has 1 saturated heterocycles. The topological polar surface area (TPSA) is 70.8 Å². The molecule has 0 saturated carbocycles. The fourth-order valence-corrected chi connectivity index (χ4v) is 2.63. The minimum absolute atomic E-state index is 0.395. The third-order valence-corrected chi connectivity index (χ3v) is 3.78. The Hall–Kier alpha value is -1.67. The van der Waals surface area contributed by atoms with Gasteiger partial charge in [-0.15, -0.1) is 5.10 Å². The van der Waals surface area contributed by atoms with Crippen LogP contribution in [0.5, 0.6) is 5.88 Å². The normalized spacial score (nSPS) is 18.6. The van der Waals surface area contributed by atoms with Crippen molar-refractivity contribution in [2.75, 3.05) is 19.7 Å². The molecule has 1 aliphatic heterocycles. The summed E-state index contributed by atoms with van der Waals surface area (Å²) in [5.74, 6) is 0.889. The lowest BCUT2D eigenvalue weighted by Crippen LogP contribution is -2.33. The van der Waals surface area contributed by atoms with E-state index in [1.54, 1.807) is 0 Å². The van der Waals surface area contributed by atoms with E-state index in [2.05, 4.69) is 21.6 Å². The fourth-order valence-electron chi connectivity index (χ4n) is 2.63. The number of hydrogen-bond acceptors (Lipinski definition) is 5. The van der Waals surface area contributed by atoms with Crippen LogP contribution in [0.1, 0.15) is 43.5 Å². The minimum Gasteiger partial charge on any atom is -0.475 e. The molecular formula is C15H22N4O. The molecule has 1 aliphatic rings. The number of aromatic nitrogens is 2. The van der Waals surface area contributed by atoms with Crippen molar-refractivity contribution in [1.82, 2.24) is 15.5 Å². The molecule has 1 atom stereocenters. The van der Waals surface area contributed by atoms with Gasteiger partial charge in [-0.05, 0) is 37.8 Å². The number of aryl methyl sites for hydroxylation is 1. The van der Waals surface area contributed by atoms with E-state index in [1.165, 1.54) is 6.42 Å². The summed E-state index contributed by atoms with van der Waals surface area (Å²) in [5.41, 5.74) is 2.43. The van der Waals surface area contributed by atoms with Gasteiger partial charge in [0, 0.05) is 12.5 Å². The van der Waals surface area contributed by atoms with Crippen molar-refractivity contribution < 1.29 is 4.74 Å². The molecule has 1 aromatic heterocycles. The molecule has 0 amide bonds. The van der Waals surface area contributed by atoms with E-state index in [0.717, 1.165) is 43.6 Å². The lowest BCUT2D eigenvalue weighted by molar-refractivity contribution is 0.209. The van der Waals surface area contributed by atoms with Gasteiger partial charge in [0.1, 0.15) is 11.6 Å². The second-order valence-electron chi connectivity index (χ2n) is 5.15. The molecule has 20 heavy (non-hydrogen) atoms. The molecule has 0 aromatic carbocycles. The minimum atomic E-state index is 0.395. The summed E-state index contributed by atoms with van der Waals surface area (Å²) < 4.78 is 5.77. The van der Waals surface area contributed by atoms with Crippen molar-refractivity contribution in [1.29, 1.82) is 5.26 Å². The molecular weight excluding hydrogens is 252 g/mol. The van der Waals surface area contributed by atoms with Crippen molar-refractivity contribution in [2.24, 2.45) is 5.92 Å². The quantitative estimate of drug-likeness (QED) is 0.887. The van der Waals surface area contributed by atoms with Crippen LogP contribution in [0.3, 0.4) is 0 Å². The van der Waals surface area contributed by atoms with Gasteiger partial charge in [0.25, 0.3) is 5.88 Å². The van der Waals surface area contributed by atoms with Crippen LogP contribution < -0.4 is 10.1 Å². The Balaban J connectivity index is 2.12. The van der Waals surface area contributed by atoms with Gasteiger partial charge in [-0.2, -0.15) is 10.4 Å². The number of nitriles is 1. The van der Waals surface area contributed by atoms with Gasteiger partial charge in [0.15, 0.2) is 0 Å². The number of rotatable bonds is 5. The molecule has 0 aliphatic carbocycles. The zero-order valence-corrected chi connectivity index (χ0v) is 12.3. The zero-order valence-electron chi connectivity index (χ0n) is 12.3. The molecule has 0 bridgehead atoms. The van der Waals surface area contributed by atoms with Crippen LogP contribution in [0, 0.1) is 17.2 Å². The van der Waals surface area contributed by atoms with Crippen molar-refractivity contribution >= 4 is 0 Å². The number of hydrogen-bond donors (Lipinski definition) is 1. The first kappa shape index (κ1) is 14.7. The van der Waals surface area contributed by atoms with Crippen LogP contribution in [0.2, 0.25) is 0 Å². The predicted molar refractivity (Wildman–Crippen MR) is 76.6 cm³/mol. The molecule has 0 radical (unpaired) electrons. The van der Waals surface area contributed by atoms with Crippen LogP contribution >= 0.6 is 0 Å². The van der Waals surface area contributed by atoms with Crippen molar-refractivity contribution in [3.8, 4) is 11.9 Å². The third kappa shape index (κ3) is 3.26. The number of piperidine rings is 1. The summed E-state index contributed by atoms with van der Waals surface area (Å²) in [5, 5.41) is 21.0. The maximum Gasteiger partial charge on any atom is 0.251 e. The van der Waals surface area contributed by atoms with E-state index >= 15 is 0 Å². The molecule has 2 heterocycles. The summed E-state index contributed by atoms with van der Waals surface area (Å²) >= 11 is 0. The van der Waals surface area contributed by atoms with Crippen LogP contribution in [0.15, 0.2) is 0 Å². The van der Waals surface area contributed by atoms with Crippen molar-refractivity contribution in [3.63, 3.8) is 0 Å². The highest BCUT2D eigenvalue weighted by Gasteiger charge is 2.18. The molecule has 0 spiro atoms. The molecule has 1 aromatic rings. The second-order valence-corrected chi connectivity index (χ2v) is 5.15. The van der Waals surface area contributed by atoms with E-state index in [4.69, 9.17) is 4.74 Å². The highest BCUT2D eigenvalue weighted by Crippen LogP contribution is 2.22. The highest BCUT2D eigenvalue weighted by atomic mass is 16.5. The third-order valence-electron chi connectivity index (χ3n) is 3.78. The highest BCUT2D eigenvalue weighted by molar-refractivity contribution is 5.46. The van der Waals surface area contributed by atoms with Crippen LogP contribution in [0.4, 0.5) is 0 Å². The van der Waals surface area contributed by atoms with Gasteiger partial charge < -0.3 is 10.1 Å². The average molecular weight is 274 g/mol. The van der Waals surface area contributed by atoms with Gasteiger partial charge >= 0.3 is 0 Å². The van der Waals surface area contributed by atoms with Crippen molar-refractivity contribution in [3.05, 3.63) is 16.8 Å². The van der Waals surface area contributed by atoms with Gasteiger partial charge in [-0.25, -0.2) is 0 Å². The summed E-state index contributed by atoms with van der Waals surface area (Å²) in [7, 11) is 0. The second kappa shape index (κ2) is 7.20. The van der Waals surface area contributed by atoms with E-state index in [9.17, 15) is 5.26 Å². The Morgan fingerprint density at radius 2 is 2.20 bits per heavy atom. The maximum absolute atomic E-state index is 9.38. The zero-order chi connectivity index (χ0) is 14.4. The smallest absolute Gasteiger partial charge is 0.251 e. The number of nitrogens with one attached hydrogen (secondary N) is 1. The Labute approximate surface area is 120 Å². The first-order valence-electron chi connectivity index (χ1n) is 7.42. The SMILES string of the molecule is CCc1nnc(OCC2CCCNC2)c(C#N)c1CC.